The molecule has 4 nitrogen and oxygen atoms in total. The van der Waals surface area contributed by atoms with E-state index < -0.39 is 0 Å². The van der Waals surface area contributed by atoms with Gasteiger partial charge in [-0.2, -0.15) is 0 Å². The van der Waals surface area contributed by atoms with Gasteiger partial charge in [-0.1, -0.05) is 18.2 Å². The van der Waals surface area contributed by atoms with Crippen LogP contribution in [0.3, 0.4) is 0 Å². The molecule has 0 aromatic heterocycles. The fourth-order valence-electron chi connectivity index (χ4n) is 2.30. The number of nitrogens with two attached hydrogens (primary N) is 1. The first-order valence-electron chi connectivity index (χ1n) is 6.43. The molecule has 0 spiro atoms. The van der Waals surface area contributed by atoms with Crippen LogP contribution in [0.1, 0.15) is 18.9 Å². The highest BCUT2D eigenvalue weighted by Crippen LogP contribution is 2.24. The molecule has 1 heterocycles. The van der Waals surface area contributed by atoms with Gasteiger partial charge < -0.3 is 15.4 Å². The number of para-hydroxylation sites is 1. The lowest BCUT2D eigenvalue weighted by Crippen LogP contribution is -2.26. The SMILES string of the molecule is CCOc1ccccc1CN1CC(CN)CC1=O. The molecular weight excluding hydrogens is 228 g/mol. The van der Waals surface area contributed by atoms with Crippen LogP contribution >= 0.6 is 0 Å². The summed E-state index contributed by atoms with van der Waals surface area (Å²) in [5, 5.41) is 0. The Morgan fingerprint density at radius 3 is 2.89 bits per heavy atom. The van der Waals surface area contributed by atoms with Gasteiger partial charge in [0.2, 0.25) is 5.91 Å². The number of benzene rings is 1. The third kappa shape index (κ3) is 2.82. The number of likely N-dealkylation sites (tertiary alicyclic amines) is 1. The van der Waals surface area contributed by atoms with E-state index in [1.807, 2.05) is 36.1 Å². The Labute approximate surface area is 108 Å². The zero-order chi connectivity index (χ0) is 13.0. The van der Waals surface area contributed by atoms with Crippen molar-refractivity contribution in [1.82, 2.24) is 4.90 Å². The third-order valence-electron chi connectivity index (χ3n) is 3.26. The molecule has 1 unspecified atom stereocenters. The Morgan fingerprint density at radius 2 is 2.22 bits per heavy atom. The van der Waals surface area contributed by atoms with E-state index in [1.54, 1.807) is 0 Å². The maximum atomic E-state index is 11.8. The van der Waals surface area contributed by atoms with Crippen molar-refractivity contribution in [3.8, 4) is 5.75 Å². The largest absolute Gasteiger partial charge is 0.494 e. The van der Waals surface area contributed by atoms with E-state index in [4.69, 9.17) is 10.5 Å². The van der Waals surface area contributed by atoms with Crippen LogP contribution < -0.4 is 10.5 Å². The number of carbonyl (C=O) groups excluding carboxylic acids is 1. The second-order valence-electron chi connectivity index (χ2n) is 4.62. The van der Waals surface area contributed by atoms with Crippen LogP contribution in [0.5, 0.6) is 5.75 Å². The van der Waals surface area contributed by atoms with E-state index in [0.29, 0.717) is 32.0 Å². The van der Waals surface area contributed by atoms with Crippen LogP contribution in [0, 0.1) is 5.92 Å². The zero-order valence-corrected chi connectivity index (χ0v) is 10.8. The van der Waals surface area contributed by atoms with Crippen molar-refractivity contribution < 1.29 is 9.53 Å². The maximum absolute atomic E-state index is 11.8. The standard InChI is InChI=1S/C14H20N2O2/c1-2-18-13-6-4-3-5-12(13)10-16-9-11(8-15)7-14(16)17/h3-6,11H,2,7-10,15H2,1H3. The van der Waals surface area contributed by atoms with Crippen LogP contribution in [0.15, 0.2) is 24.3 Å². The summed E-state index contributed by atoms with van der Waals surface area (Å²) < 4.78 is 5.57. The molecular formula is C14H20N2O2. The van der Waals surface area contributed by atoms with Gasteiger partial charge in [0, 0.05) is 25.1 Å². The lowest BCUT2D eigenvalue weighted by molar-refractivity contribution is -0.128. The number of hydrogen-bond acceptors (Lipinski definition) is 3. The van der Waals surface area contributed by atoms with Crippen molar-refractivity contribution in [3.05, 3.63) is 29.8 Å². The molecule has 1 aliphatic heterocycles. The van der Waals surface area contributed by atoms with Gasteiger partial charge in [0.05, 0.1) is 6.61 Å². The molecule has 0 saturated carbocycles. The Morgan fingerprint density at radius 1 is 1.44 bits per heavy atom. The summed E-state index contributed by atoms with van der Waals surface area (Å²) in [6.45, 7) is 4.55. The molecule has 2 rings (SSSR count). The highest BCUT2D eigenvalue weighted by atomic mass is 16.5. The highest BCUT2D eigenvalue weighted by Gasteiger charge is 2.28. The summed E-state index contributed by atoms with van der Waals surface area (Å²) in [5.74, 6) is 1.36. The summed E-state index contributed by atoms with van der Waals surface area (Å²) in [6, 6.07) is 7.87. The number of hydrogen-bond donors (Lipinski definition) is 1. The van der Waals surface area contributed by atoms with Crippen molar-refractivity contribution in [3.63, 3.8) is 0 Å². The second-order valence-corrected chi connectivity index (χ2v) is 4.62. The van der Waals surface area contributed by atoms with Crippen molar-refractivity contribution in [1.29, 1.82) is 0 Å². The first-order valence-corrected chi connectivity index (χ1v) is 6.43. The van der Waals surface area contributed by atoms with Crippen molar-refractivity contribution in [2.75, 3.05) is 19.7 Å². The molecule has 0 bridgehead atoms. The molecule has 0 radical (unpaired) electrons. The minimum absolute atomic E-state index is 0.191. The third-order valence-corrected chi connectivity index (χ3v) is 3.26. The molecule has 4 heteroatoms. The number of rotatable bonds is 5. The van der Waals surface area contributed by atoms with Gasteiger partial charge >= 0.3 is 0 Å². The van der Waals surface area contributed by atoms with Crippen LogP contribution in [0.2, 0.25) is 0 Å². The van der Waals surface area contributed by atoms with Gasteiger partial charge in [-0.25, -0.2) is 0 Å². The Hall–Kier alpha value is -1.55. The van der Waals surface area contributed by atoms with Crippen LogP contribution in [-0.2, 0) is 11.3 Å². The van der Waals surface area contributed by atoms with E-state index in [-0.39, 0.29) is 5.91 Å². The average Bonchev–Trinajstić information content (AvgIpc) is 2.73. The summed E-state index contributed by atoms with van der Waals surface area (Å²) in [6.07, 6.45) is 0.577. The number of carbonyl (C=O) groups is 1. The van der Waals surface area contributed by atoms with Crippen molar-refractivity contribution in [2.24, 2.45) is 11.7 Å². The topological polar surface area (TPSA) is 55.6 Å². The smallest absolute Gasteiger partial charge is 0.223 e. The second kappa shape index (κ2) is 5.87. The first-order chi connectivity index (χ1) is 8.74. The van der Waals surface area contributed by atoms with E-state index in [0.717, 1.165) is 17.9 Å². The first kappa shape index (κ1) is 12.9. The zero-order valence-electron chi connectivity index (χ0n) is 10.8. The Kier molecular flexibility index (Phi) is 4.20. The van der Waals surface area contributed by atoms with E-state index in [2.05, 4.69) is 0 Å². The van der Waals surface area contributed by atoms with Crippen LogP contribution in [-0.4, -0.2) is 30.5 Å². The van der Waals surface area contributed by atoms with E-state index in [1.165, 1.54) is 0 Å². The summed E-state index contributed by atoms with van der Waals surface area (Å²) in [7, 11) is 0. The predicted octanol–water partition coefficient (Wildman–Crippen LogP) is 1.39. The lowest BCUT2D eigenvalue weighted by Gasteiger charge is -2.18. The summed E-state index contributed by atoms with van der Waals surface area (Å²) >= 11 is 0. The average molecular weight is 248 g/mol. The lowest BCUT2D eigenvalue weighted by atomic mass is 10.1. The van der Waals surface area contributed by atoms with Gasteiger partial charge in [-0.15, -0.1) is 0 Å². The number of nitrogens with zero attached hydrogens (tertiary/aromatic N) is 1. The molecule has 1 aliphatic rings. The quantitative estimate of drug-likeness (QED) is 0.856. The normalized spacial score (nSPS) is 19.3. The van der Waals surface area contributed by atoms with E-state index in [9.17, 15) is 4.79 Å². The molecule has 2 N–H and O–H groups in total. The van der Waals surface area contributed by atoms with Crippen LogP contribution in [0.25, 0.3) is 0 Å². The molecule has 1 fully saturated rings. The molecule has 0 aliphatic carbocycles. The van der Waals surface area contributed by atoms with Crippen molar-refractivity contribution in [2.45, 2.75) is 19.9 Å². The fourth-order valence-corrected chi connectivity index (χ4v) is 2.30. The maximum Gasteiger partial charge on any atom is 0.223 e. The molecule has 1 amide bonds. The molecule has 1 aromatic carbocycles. The Bertz CT molecular complexity index is 420. The van der Waals surface area contributed by atoms with Gasteiger partial charge in [-0.05, 0) is 25.5 Å². The molecule has 18 heavy (non-hydrogen) atoms. The predicted molar refractivity (Wildman–Crippen MR) is 70.2 cm³/mol. The van der Waals surface area contributed by atoms with Gasteiger partial charge in [0.25, 0.3) is 0 Å². The minimum atomic E-state index is 0.191. The van der Waals surface area contributed by atoms with Crippen molar-refractivity contribution >= 4 is 5.91 Å². The van der Waals surface area contributed by atoms with Gasteiger partial charge in [-0.3, -0.25) is 4.79 Å². The number of amides is 1. The molecule has 1 saturated heterocycles. The van der Waals surface area contributed by atoms with Gasteiger partial charge in [0.1, 0.15) is 5.75 Å². The highest BCUT2D eigenvalue weighted by molar-refractivity contribution is 5.78. The fraction of sp³-hybridized carbons (Fsp3) is 0.500. The summed E-state index contributed by atoms with van der Waals surface area (Å²) in [5.41, 5.74) is 6.69. The molecule has 1 aromatic rings. The molecule has 98 valence electrons. The monoisotopic (exact) mass is 248 g/mol. The van der Waals surface area contributed by atoms with Gasteiger partial charge in [0.15, 0.2) is 0 Å². The number of ether oxygens (including phenoxy) is 1. The van der Waals surface area contributed by atoms with Crippen LogP contribution in [0.4, 0.5) is 0 Å². The Balaban J connectivity index is 2.07. The van der Waals surface area contributed by atoms with E-state index >= 15 is 0 Å². The minimum Gasteiger partial charge on any atom is -0.494 e. The molecule has 1 atom stereocenters. The summed E-state index contributed by atoms with van der Waals surface area (Å²) in [4.78, 5) is 13.7.